The molecule has 1 amide bonds. The van der Waals surface area contributed by atoms with Crippen LogP contribution in [-0.4, -0.2) is 41.9 Å². The number of nitrogens with zero attached hydrogens (tertiary/aromatic N) is 2. The van der Waals surface area contributed by atoms with Gasteiger partial charge in [0.2, 0.25) is 0 Å². The number of piperidine rings is 1. The number of halogens is 1. The largest absolute Gasteiger partial charge is 0.322 e. The van der Waals surface area contributed by atoms with Gasteiger partial charge in [-0.3, -0.25) is 4.79 Å². The fourth-order valence-corrected chi connectivity index (χ4v) is 5.23. The van der Waals surface area contributed by atoms with E-state index in [1.807, 2.05) is 29.2 Å². The van der Waals surface area contributed by atoms with Gasteiger partial charge in [0.25, 0.3) is 5.91 Å². The molecule has 0 aromatic heterocycles. The van der Waals surface area contributed by atoms with Gasteiger partial charge in [-0.1, -0.05) is 42.4 Å². The quantitative estimate of drug-likeness (QED) is 0.729. The van der Waals surface area contributed by atoms with Gasteiger partial charge < -0.3 is 9.80 Å². The van der Waals surface area contributed by atoms with Crippen LogP contribution in [0.15, 0.2) is 53.4 Å². The maximum atomic E-state index is 13.4. The van der Waals surface area contributed by atoms with Crippen molar-refractivity contribution in [2.45, 2.75) is 36.0 Å². The van der Waals surface area contributed by atoms with Crippen LogP contribution in [0.5, 0.6) is 0 Å². The molecular formula is C22H25FN2OS. The Labute approximate surface area is 164 Å². The molecule has 1 fully saturated rings. The standard InChI is InChI=1S/C22H25FN2OS/c23-18-11-9-17(10-12-18)22-25(16-6-15-24-13-4-1-5-14-24)21(26)19-7-2-3-8-20(19)27-22/h2-3,7-12,22H,1,4-6,13-16H2. The molecule has 0 spiro atoms. The summed E-state index contributed by atoms with van der Waals surface area (Å²) in [6, 6.07) is 14.3. The Morgan fingerprint density at radius 1 is 0.963 bits per heavy atom. The molecule has 0 N–H and O–H groups in total. The molecule has 2 aliphatic heterocycles. The van der Waals surface area contributed by atoms with Crippen LogP contribution in [0.1, 0.15) is 47.0 Å². The molecule has 1 saturated heterocycles. The van der Waals surface area contributed by atoms with E-state index in [1.54, 1.807) is 23.9 Å². The molecular weight excluding hydrogens is 359 g/mol. The number of benzene rings is 2. The van der Waals surface area contributed by atoms with Crippen molar-refractivity contribution in [3.8, 4) is 0 Å². The first-order valence-electron chi connectivity index (χ1n) is 9.77. The Morgan fingerprint density at radius 3 is 2.48 bits per heavy atom. The first-order chi connectivity index (χ1) is 13.2. The minimum Gasteiger partial charge on any atom is -0.322 e. The predicted octanol–water partition coefficient (Wildman–Crippen LogP) is 4.95. The smallest absolute Gasteiger partial charge is 0.256 e. The van der Waals surface area contributed by atoms with E-state index >= 15 is 0 Å². The molecule has 2 aromatic carbocycles. The Kier molecular flexibility index (Phi) is 5.79. The minimum absolute atomic E-state index is 0.0809. The van der Waals surface area contributed by atoms with Gasteiger partial charge in [-0.05, 0) is 68.7 Å². The highest BCUT2D eigenvalue weighted by Crippen LogP contribution is 2.44. The summed E-state index contributed by atoms with van der Waals surface area (Å²) in [5.41, 5.74) is 1.75. The van der Waals surface area contributed by atoms with E-state index in [1.165, 1.54) is 44.5 Å². The second-order valence-electron chi connectivity index (χ2n) is 7.27. The summed E-state index contributed by atoms with van der Waals surface area (Å²) in [5, 5.41) is -0.102. The van der Waals surface area contributed by atoms with Crippen LogP contribution >= 0.6 is 11.8 Å². The van der Waals surface area contributed by atoms with Crippen LogP contribution in [0.3, 0.4) is 0 Å². The molecule has 1 atom stereocenters. The molecule has 0 radical (unpaired) electrons. The van der Waals surface area contributed by atoms with Gasteiger partial charge in [-0.25, -0.2) is 4.39 Å². The third-order valence-electron chi connectivity index (χ3n) is 5.38. The number of carbonyl (C=O) groups excluding carboxylic acids is 1. The first kappa shape index (κ1) is 18.5. The highest BCUT2D eigenvalue weighted by Gasteiger charge is 2.33. The molecule has 2 aromatic rings. The van der Waals surface area contributed by atoms with E-state index in [0.717, 1.165) is 35.5 Å². The lowest BCUT2D eigenvalue weighted by Crippen LogP contribution is -2.39. The zero-order chi connectivity index (χ0) is 18.6. The average Bonchev–Trinajstić information content (AvgIpc) is 2.71. The number of thioether (sulfide) groups is 1. The summed E-state index contributed by atoms with van der Waals surface area (Å²) in [5.74, 6) is -0.166. The molecule has 2 aliphatic rings. The third-order valence-corrected chi connectivity index (χ3v) is 6.74. The highest BCUT2D eigenvalue weighted by molar-refractivity contribution is 7.99. The van der Waals surface area contributed by atoms with Gasteiger partial charge in [-0.15, -0.1) is 0 Å². The van der Waals surface area contributed by atoms with E-state index in [2.05, 4.69) is 4.90 Å². The second kappa shape index (κ2) is 8.44. The van der Waals surface area contributed by atoms with Crippen LogP contribution < -0.4 is 0 Å². The van der Waals surface area contributed by atoms with Crippen molar-refractivity contribution in [3.05, 3.63) is 65.5 Å². The molecule has 27 heavy (non-hydrogen) atoms. The summed E-state index contributed by atoms with van der Waals surface area (Å²) in [6.45, 7) is 4.10. The number of likely N-dealkylation sites (tertiary alicyclic amines) is 1. The lowest BCUT2D eigenvalue weighted by molar-refractivity contribution is 0.0715. The molecule has 0 bridgehead atoms. The van der Waals surface area contributed by atoms with Crippen LogP contribution in [0.25, 0.3) is 0 Å². The highest BCUT2D eigenvalue weighted by atomic mass is 32.2. The van der Waals surface area contributed by atoms with Crippen LogP contribution in [0.4, 0.5) is 4.39 Å². The molecule has 0 saturated carbocycles. The Bertz CT molecular complexity index is 789. The molecule has 142 valence electrons. The van der Waals surface area contributed by atoms with Crippen LogP contribution in [-0.2, 0) is 0 Å². The summed E-state index contributed by atoms with van der Waals surface area (Å²) >= 11 is 1.68. The topological polar surface area (TPSA) is 23.6 Å². The number of rotatable bonds is 5. The van der Waals surface area contributed by atoms with Crippen LogP contribution in [0.2, 0.25) is 0 Å². The van der Waals surface area contributed by atoms with Crippen LogP contribution in [0, 0.1) is 5.82 Å². The number of hydrogen-bond acceptors (Lipinski definition) is 3. The zero-order valence-corrected chi connectivity index (χ0v) is 16.3. The lowest BCUT2D eigenvalue weighted by atomic mass is 10.1. The van der Waals surface area contributed by atoms with Crippen molar-refractivity contribution in [2.75, 3.05) is 26.2 Å². The van der Waals surface area contributed by atoms with E-state index in [0.29, 0.717) is 0 Å². The van der Waals surface area contributed by atoms with Gasteiger partial charge in [0.05, 0.1) is 5.56 Å². The van der Waals surface area contributed by atoms with Crippen molar-refractivity contribution in [3.63, 3.8) is 0 Å². The van der Waals surface area contributed by atoms with Crippen molar-refractivity contribution >= 4 is 17.7 Å². The average molecular weight is 385 g/mol. The van der Waals surface area contributed by atoms with Crippen molar-refractivity contribution < 1.29 is 9.18 Å². The SMILES string of the molecule is O=C1c2ccccc2SC(c2ccc(F)cc2)N1CCCN1CCCCC1. The number of hydrogen-bond donors (Lipinski definition) is 0. The first-order valence-corrected chi connectivity index (χ1v) is 10.6. The van der Waals surface area contributed by atoms with E-state index < -0.39 is 0 Å². The molecule has 4 rings (SSSR count). The Balaban J connectivity index is 1.53. The molecule has 3 nitrogen and oxygen atoms in total. The number of fused-ring (bicyclic) bond motifs is 1. The van der Waals surface area contributed by atoms with Gasteiger partial charge in [-0.2, -0.15) is 0 Å². The van der Waals surface area contributed by atoms with Crippen molar-refractivity contribution in [1.82, 2.24) is 9.80 Å². The normalized spacial score (nSPS) is 20.6. The summed E-state index contributed by atoms with van der Waals surface area (Å²) in [4.78, 5) is 18.6. The van der Waals surface area contributed by atoms with Crippen molar-refractivity contribution in [2.24, 2.45) is 0 Å². The van der Waals surface area contributed by atoms with Gasteiger partial charge in [0.1, 0.15) is 11.2 Å². The van der Waals surface area contributed by atoms with Gasteiger partial charge >= 0.3 is 0 Å². The molecule has 5 heteroatoms. The van der Waals surface area contributed by atoms with Gasteiger partial charge in [0.15, 0.2) is 0 Å². The summed E-state index contributed by atoms with van der Waals surface area (Å²) < 4.78 is 13.4. The predicted molar refractivity (Wildman–Crippen MR) is 107 cm³/mol. The zero-order valence-electron chi connectivity index (χ0n) is 15.4. The summed E-state index contributed by atoms with van der Waals surface area (Å²) in [6.07, 6.45) is 4.86. The molecule has 1 unspecified atom stereocenters. The fraction of sp³-hybridized carbons (Fsp3) is 0.409. The number of carbonyl (C=O) groups is 1. The lowest BCUT2D eigenvalue weighted by Gasteiger charge is -2.37. The minimum atomic E-state index is -0.247. The molecule has 0 aliphatic carbocycles. The van der Waals surface area contributed by atoms with Gasteiger partial charge in [0, 0.05) is 11.4 Å². The maximum Gasteiger partial charge on any atom is 0.256 e. The Morgan fingerprint density at radius 2 is 1.70 bits per heavy atom. The Hall–Kier alpha value is -1.85. The summed E-state index contributed by atoms with van der Waals surface area (Å²) in [7, 11) is 0. The monoisotopic (exact) mass is 384 g/mol. The maximum absolute atomic E-state index is 13.4. The third kappa shape index (κ3) is 4.19. The van der Waals surface area contributed by atoms with E-state index in [-0.39, 0.29) is 17.1 Å². The van der Waals surface area contributed by atoms with Crippen molar-refractivity contribution in [1.29, 1.82) is 0 Å². The fourth-order valence-electron chi connectivity index (χ4n) is 3.93. The van der Waals surface area contributed by atoms with E-state index in [4.69, 9.17) is 0 Å². The second-order valence-corrected chi connectivity index (χ2v) is 8.39. The number of amides is 1. The van der Waals surface area contributed by atoms with E-state index in [9.17, 15) is 9.18 Å². The molecule has 2 heterocycles.